The number of hydrogen-bond acceptors (Lipinski definition) is 1. The second kappa shape index (κ2) is 16.7. The van der Waals surface area contributed by atoms with Crippen molar-refractivity contribution in [1.82, 2.24) is 0 Å². The third kappa shape index (κ3) is 7.37. The minimum atomic E-state index is 1.09. The molecule has 11 rings (SSSR count). The van der Waals surface area contributed by atoms with E-state index in [2.05, 4.69) is 266 Å². The molecule has 0 spiro atoms. The molecular formula is C62H43N. The molecule has 63 heavy (non-hydrogen) atoms. The van der Waals surface area contributed by atoms with Gasteiger partial charge in [-0.2, -0.15) is 0 Å². The Kier molecular flexibility index (Phi) is 9.97. The molecule has 0 amide bonds. The van der Waals surface area contributed by atoms with Crippen LogP contribution < -0.4 is 4.90 Å². The van der Waals surface area contributed by atoms with Gasteiger partial charge >= 0.3 is 0 Å². The van der Waals surface area contributed by atoms with Crippen LogP contribution in [0, 0.1) is 0 Å². The Labute approximate surface area is 369 Å². The summed E-state index contributed by atoms with van der Waals surface area (Å²) in [5.41, 5.74) is 17.7. The quantitative estimate of drug-likeness (QED) is 0.131. The van der Waals surface area contributed by atoms with Crippen molar-refractivity contribution in [2.45, 2.75) is 0 Å². The highest BCUT2D eigenvalue weighted by molar-refractivity contribution is 6.14. The van der Waals surface area contributed by atoms with Gasteiger partial charge in [-0.25, -0.2) is 0 Å². The predicted molar refractivity (Wildman–Crippen MR) is 269 cm³/mol. The zero-order valence-electron chi connectivity index (χ0n) is 34.8. The molecule has 0 aliphatic rings. The van der Waals surface area contributed by atoms with Gasteiger partial charge in [0.25, 0.3) is 0 Å². The molecule has 0 unspecified atom stereocenters. The number of benzene rings is 11. The summed E-state index contributed by atoms with van der Waals surface area (Å²) in [5.74, 6) is 0. The Morgan fingerprint density at radius 3 is 1.02 bits per heavy atom. The maximum Gasteiger partial charge on any atom is 0.0546 e. The smallest absolute Gasteiger partial charge is 0.0546 e. The van der Waals surface area contributed by atoms with Crippen molar-refractivity contribution in [2.24, 2.45) is 0 Å². The van der Waals surface area contributed by atoms with E-state index >= 15 is 0 Å². The zero-order chi connectivity index (χ0) is 42.0. The van der Waals surface area contributed by atoms with Gasteiger partial charge in [-0.1, -0.05) is 218 Å². The van der Waals surface area contributed by atoms with E-state index in [4.69, 9.17) is 0 Å². The number of rotatable bonds is 9. The lowest BCUT2D eigenvalue weighted by Crippen LogP contribution is -2.10. The van der Waals surface area contributed by atoms with Crippen molar-refractivity contribution in [2.75, 3.05) is 4.90 Å². The summed E-state index contributed by atoms with van der Waals surface area (Å²) in [5, 5.41) is 4.90. The summed E-state index contributed by atoms with van der Waals surface area (Å²) in [6, 6.07) is 94.7. The Bertz CT molecular complexity index is 3170. The van der Waals surface area contributed by atoms with Crippen molar-refractivity contribution >= 4 is 38.6 Å². The lowest BCUT2D eigenvalue weighted by molar-refractivity contribution is 1.30. The highest BCUT2D eigenvalue weighted by atomic mass is 15.1. The van der Waals surface area contributed by atoms with Crippen molar-refractivity contribution in [3.63, 3.8) is 0 Å². The summed E-state index contributed by atoms with van der Waals surface area (Å²) in [6.45, 7) is 0. The van der Waals surface area contributed by atoms with Crippen LogP contribution in [0.1, 0.15) is 0 Å². The van der Waals surface area contributed by atoms with Crippen LogP contribution in [0.3, 0.4) is 0 Å². The van der Waals surface area contributed by atoms with E-state index in [0.717, 1.165) is 17.1 Å². The molecule has 1 nitrogen and oxygen atoms in total. The first-order chi connectivity index (χ1) is 31.2. The maximum absolute atomic E-state index is 2.43. The molecule has 0 N–H and O–H groups in total. The largest absolute Gasteiger partial charge is 0.310 e. The molecule has 0 aliphatic carbocycles. The second-order valence-electron chi connectivity index (χ2n) is 16.1. The van der Waals surface area contributed by atoms with Crippen LogP contribution in [0.5, 0.6) is 0 Å². The Hall–Kier alpha value is -8.26. The van der Waals surface area contributed by atoms with Crippen LogP contribution in [0.15, 0.2) is 261 Å². The molecule has 0 fully saturated rings. The van der Waals surface area contributed by atoms with E-state index in [1.165, 1.54) is 88.3 Å². The van der Waals surface area contributed by atoms with Crippen molar-refractivity contribution < 1.29 is 0 Å². The summed E-state index contributed by atoms with van der Waals surface area (Å²) < 4.78 is 0. The molecule has 0 bridgehead atoms. The maximum atomic E-state index is 2.43. The molecule has 1 heteroatoms. The van der Waals surface area contributed by atoms with Gasteiger partial charge in [-0.15, -0.1) is 0 Å². The third-order valence-corrected chi connectivity index (χ3v) is 12.3. The van der Waals surface area contributed by atoms with Crippen LogP contribution >= 0.6 is 0 Å². The summed E-state index contributed by atoms with van der Waals surface area (Å²) in [4.78, 5) is 2.43. The van der Waals surface area contributed by atoms with Crippen molar-refractivity contribution in [1.29, 1.82) is 0 Å². The molecule has 0 radical (unpaired) electrons. The minimum Gasteiger partial charge on any atom is -0.310 e. The minimum absolute atomic E-state index is 1.09. The number of hydrogen-bond donors (Lipinski definition) is 0. The van der Waals surface area contributed by atoms with Gasteiger partial charge in [0.15, 0.2) is 0 Å². The van der Waals surface area contributed by atoms with E-state index in [-0.39, 0.29) is 0 Å². The summed E-state index contributed by atoms with van der Waals surface area (Å²) >= 11 is 0. The van der Waals surface area contributed by atoms with Crippen LogP contribution in [0.4, 0.5) is 17.1 Å². The van der Waals surface area contributed by atoms with E-state index in [1.54, 1.807) is 0 Å². The van der Waals surface area contributed by atoms with Gasteiger partial charge in [0.05, 0.1) is 5.69 Å². The molecule has 0 saturated heterocycles. The Morgan fingerprint density at radius 2 is 0.556 bits per heavy atom. The van der Waals surface area contributed by atoms with E-state index in [1.807, 2.05) is 0 Å². The van der Waals surface area contributed by atoms with Crippen molar-refractivity contribution in [3.8, 4) is 66.8 Å². The molecule has 0 saturated carbocycles. The lowest BCUT2D eigenvalue weighted by atomic mass is 9.90. The van der Waals surface area contributed by atoms with Gasteiger partial charge in [-0.05, 0) is 125 Å². The molecule has 296 valence electrons. The van der Waals surface area contributed by atoms with Gasteiger partial charge in [0, 0.05) is 16.8 Å². The normalized spacial score (nSPS) is 11.2. The highest BCUT2D eigenvalue weighted by Crippen LogP contribution is 2.45. The molecule has 11 aromatic carbocycles. The molecular weight excluding hydrogens is 759 g/mol. The molecule has 0 heterocycles. The second-order valence-corrected chi connectivity index (χ2v) is 16.1. The Morgan fingerprint density at radius 1 is 0.206 bits per heavy atom. The third-order valence-electron chi connectivity index (χ3n) is 12.3. The fourth-order valence-electron chi connectivity index (χ4n) is 9.15. The van der Waals surface area contributed by atoms with Gasteiger partial charge in [-0.3, -0.25) is 0 Å². The topological polar surface area (TPSA) is 3.24 Å². The fraction of sp³-hybridized carbons (Fsp3) is 0. The molecule has 0 aliphatic heterocycles. The average Bonchev–Trinajstić information content (AvgIpc) is 3.37. The SMILES string of the molecule is c1ccc(-c2ccc(-c3ccccc3)c(-c3ccc(N(c4ccc(-c5cc(-c6ccccc6)ccc5-c5ccccc5)cc4)c4cc5ccccc5c5ccccc45)cc3)c2)cc1. The van der Waals surface area contributed by atoms with E-state index in [0.29, 0.717) is 0 Å². The molecule has 0 aromatic heterocycles. The number of anilines is 3. The standard InChI is InChI=1S/C62H43N/c1-5-17-44(18-6-1)50-33-39-56(46-21-9-3-10-22-46)60(41-50)48-29-35-53(36-30-48)63(62-43-52-25-13-14-26-55(52)58-27-15-16-28-59(58)62)54-37-31-49(32-38-54)61-42-51(45-19-7-2-8-20-45)34-40-57(61)47-23-11-4-12-24-47/h1-43H. The van der Waals surface area contributed by atoms with Gasteiger partial charge in [0.1, 0.15) is 0 Å². The lowest BCUT2D eigenvalue weighted by Gasteiger charge is -2.28. The van der Waals surface area contributed by atoms with Crippen LogP contribution in [0.25, 0.3) is 88.3 Å². The van der Waals surface area contributed by atoms with Crippen LogP contribution in [0.2, 0.25) is 0 Å². The first-order valence-electron chi connectivity index (χ1n) is 21.7. The van der Waals surface area contributed by atoms with Crippen molar-refractivity contribution in [3.05, 3.63) is 261 Å². The monoisotopic (exact) mass is 801 g/mol. The number of fused-ring (bicyclic) bond motifs is 3. The van der Waals surface area contributed by atoms with E-state index in [9.17, 15) is 0 Å². The van der Waals surface area contributed by atoms with Crippen LogP contribution in [-0.4, -0.2) is 0 Å². The van der Waals surface area contributed by atoms with E-state index < -0.39 is 0 Å². The predicted octanol–water partition coefficient (Wildman–Crippen LogP) is 17.5. The zero-order valence-corrected chi connectivity index (χ0v) is 34.8. The Balaban J connectivity index is 1.07. The highest BCUT2D eigenvalue weighted by Gasteiger charge is 2.19. The van der Waals surface area contributed by atoms with Crippen LogP contribution in [-0.2, 0) is 0 Å². The molecule has 0 atom stereocenters. The van der Waals surface area contributed by atoms with Gasteiger partial charge in [0.2, 0.25) is 0 Å². The first-order valence-corrected chi connectivity index (χ1v) is 21.7. The molecule has 11 aromatic rings. The van der Waals surface area contributed by atoms with Gasteiger partial charge < -0.3 is 4.90 Å². The number of nitrogens with zero attached hydrogens (tertiary/aromatic N) is 1. The fourth-order valence-corrected chi connectivity index (χ4v) is 9.15. The summed E-state index contributed by atoms with van der Waals surface area (Å²) in [6.07, 6.45) is 0. The first kappa shape index (κ1) is 37.7. The summed E-state index contributed by atoms with van der Waals surface area (Å²) in [7, 11) is 0. The average molecular weight is 802 g/mol.